The first-order valence-corrected chi connectivity index (χ1v) is 10.2. The van der Waals surface area contributed by atoms with Crippen LogP contribution in [0.3, 0.4) is 0 Å². The molecule has 134 valence electrons. The van der Waals surface area contributed by atoms with Gasteiger partial charge < -0.3 is 16.0 Å². The van der Waals surface area contributed by atoms with Gasteiger partial charge >= 0.3 is 0 Å². The molecule has 0 unspecified atom stereocenters. The zero-order valence-corrected chi connectivity index (χ0v) is 15.4. The van der Waals surface area contributed by atoms with Gasteiger partial charge in [0.05, 0.1) is 5.69 Å². The molecule has 6 heteroatoms. The van der Waals surface area contributed by atoms with Crippen LogP contribution in [-0.2, 0) is 11.2 Å². The van der Waals surface area contributed by atoms with E-state index in [4.69, 9.17) is 10.7 Å². The lowest BCUT2D eigenvalue weighted by atomic mass is 9.71. The highest BCUT2D eigenvalue weighted by Gasteiger charge is 2.32. The van der Waals surface area contributed by atoms with Crippen molar-refractivity contribution in [3.63, 3.8) is 0 Å². The van der Waals surface area contributed by atoms with E-state index in [0.717, 1.165) is 43.2 Å². The Balaban J connectivity index is 1.41. The van der Waals surface area contributed by atoms with Crippen LogP contribution >= 0.6 is 11.3 Å². The molecule has 1 aliphatic heterocycles. The lowest BCUT2D eigenvalue weighted by Crippen LogP contribution is -2.39. The highest BCUT2D eigenvalue weighted by molar-refractivity contribution is 7.13. The summed E-state index contributed by atoms with van der Waals surface area (Å²) in [5.74, 6) is 0.150. The van der Waals surface area contributed by atoms with E-state index in [1.165, 1.54) is 32.1 Å². The van der Waals surface area contributed by atoms with Gasteiger partial charge in [0, 0.05) is 37.9 Å². The minimum atomic E-state index is 0.0475. The van der Waals surface area contributed by atoms with E-state index in [0.29, 0.717) is 19.5 Å². The van der Waals surface area contributed by atoms with Gasteiger partial charge in [-0.25, -0.2) is 4.98 Å². The summed E-state index contributed by atoms with van der Waals surface area (Å²) in [4.78, 5) is 19.4. The zero-order chi connectivity index (χ0) is 16.8. The summed E-state index contributed by atoms with van der Waals surface area (Å²) in [5.41, 5.74) is 7.11. The van der Waals surface area contributed by atoms with Gasteiger partial charge in [-0.2, -0.15) is 0 Å². The molecule has 1 amide bonds. The number of aromatic nitrogens is 1. The van der Waals surface area contributed by atoms with Crippen molar-refractivity contribution in [2.24, 2.45) is 11.1 Å². The molecule has 0 radical (unpaired) electrons. The van der Waals surface area contributed by atoms with Crippen molar-refractivity contribution in [2.75, 3.05) is 31.1 Å². The molecular formula is C18H30N4OS. The smallest absolute Gasteiger partial charge is 0.220 e. The standard InChI is InChI=1S/C18H30N4OS/c19-14-18(7-2-1-3-8-18)12-16(23)20-9-6-15-13-24-17(21-15)22-10-4-5-11-22/h13H,1-12,14,19H2,(H,20,23). The normalized spacial score (nSPS) is 20.3. The molecule has 0 bridgehead atoms. The van der Waals surface area contributed by atoms with Crippen molar-refractivity contribution >= 4 is 22.4 Å². The first-order valence-electron chi connectivity index (χ1n) is 9.37. The van der Waals surface area contributed by atoms with Crippen molar-refractivity contribution in [2.45, 2.75) is 57.8 Å². The molecule has 0 atom stereocenters. The maximum absolute atomic E-state index is 12.3. The number of hydrogen-bond donors (Lipinski definition) is 2. The number of rotatable bonds is 7. The predicted octanol–water partition coefficient (Wildman–Crippen LogP) is 2.70. The number of carbonyl (C=O) groups is 1. The van der Waals surface area contributed by atoms with Gasteiger partial charge in [0.1, 0.15) is 0 Å². The molecule has 1 aliphatic carbocycles. The second-order valence-electron chi connectivity index (χ2n) is 7.36. The summed E-state index contributed by atoms with van der Waals surface area (Å²) in [6.45, 7) is 3.56. The monoisotopic (exact) mass is 350 g/mol. The van der Waals surface area contributed by atoms with E-state index in [2.05, 4.69) is 15.6 Å². The third-order valence-corrected chi connectivity index (χ3v) is 6.45. The molecule has 3 N–H and O–H groups in total. The number of nitrogens with one attached hydrogen (secondary N) is 1. The van der Waals surface area contributed by atoms with Crippen LogP contribution in [0.4, 0.5) is 5.13 Å². The highest BCUT2D eigenvalue weighted by Crippen LogP contribution is 2.38. The summed E-state index contributed by atoms with van der Waals surface area (Å²) in [6.07, 6.45) is 9.84. The lowest BCUT2D eigenvalue weighted by Gasteiger charge is -2.35. The van der Waals surface area contributed by atoms with E-state index in [1.54, 1.807) is 11.3 Å². The van der Waals surface area contributed by atoms with Gasteiger partial charge in [-0.15, -0.1) is 11.3 Å². The number of anilines is 1. The van der Waals surface area contributed by atoms with E-state index in [-0.39, 0.29) is 11.3 Å². The number of nitrogens with two attached hydrogens (primary N) is 1. The SMILES string of the molecule is NCC1(CC(=O)NCCc2csc(N3CCCC3)n2)CCCCC1. The first-order chi connectivity index (χ1) is 11.7. The fraction of sp³-hybridized carbons (Fsp3) is 0.778. The van der Waals surface area contributed by atoms with Crippen molar-refractivity contribution in [3.8, 4) is 0 Å². The maximum Gasteiger partial charge on any atom is 0.220 e. The van der Waals surface area contributed by atoms with Crippen LogP contribution < -0.4 is 16.0 Å². The minimum Gasteiger partial charge on any atom is -0.356 e. The topological polar surface area (TPSA) is 71.2 Å². The molecule has 1 saturated heterocycles. The summed E-state index contributed by atoms with van der Waals surface area (Å²) in [5, 5.41) is 6.34. The Hall–Kier alpha value is -1.14. The highest BCUT2D eigenvalue weighted by atomic mass is 32.1. The first kappa shape index (κ1) is 17.7. The Labute approximate surface area is 149 Å². The molecule has 3 rings (SSSR count). The quantitative estimate of drug-likeness (QED) is 0.793. The Morgan fingerprint density at radius 2 is 2.00 bits per heavy atom. The van der Waals surface area contributed by atoms with E-state index in [9.17, 15) is 4.79 Å². The number of amides is 1. The van der Waals surface area contributed by atoms with Crippen LogP contribution in [0.1, 0.15) is 57.1 Å². The average Bonchev–Trinajstić information content (AvgIpc) is 3.27. The Morgan fingerprint density at radius 3 is 2.71 bits per heavy atom. The molecule has 0 aromatic carbocycles. The fourth-order valence-electron chi connectivity index (χ4n) is 3.95. The predicted molar refractivity (Wildman–Crippen MR) is 99.5 cm³/mol. The Morgan fingerprint density at radius 1 is 1.25 bits per heavy atom. The van der Waals surface area contributed by atoms with Crippen LogP contribution in [0.15, 0.2) is 5.38 Å². The average molecular weight is 351 g/mol. The molecule has 2 aliphatic rings. The van der Waals surface area contributed by atoms with Crippen molar-refractivity contribution < 1.29 is 4.79 Å². The number of carbonyl (C=O) groups excluding carboxylic acids is 1. The van der Waals surface area contributed by atoms with Crippen LogP contribution in [0, 0.1) is 5.41 Å². The molecule has 5 nitrogen and oxygen atoms in total. The summed E-state index contributed by atoms with van der Waals surface area (Å²) in [6, 6.07) is 0. The molecular weight excluding hydrogens is 320 g/mol. The van der Waals surface area contributed by atoms with Gasteiger partial charge in [0.25, 0.3) is 0 Å². The number of thiazole rings is 1. The summed E-state index contributed by atoms with van der Waals surface area (Å²) in [7, 11) is 0. The van der Waals surface area contributed by atoms with Crippen molar-refractivity contribution in [3.05, 3.63) is 11.1 Å². The molecule has 2 fully saturated rings. The van der Waals surface area contributed by atoms with Gasteiger partial charge in [0.2, 0.25) is 5.91 Å². The summed E-state index contributed by atoms with van der Waals surface area (Å²) < 4.78 is 0. The van der Waals surface area contributed by atoms with Crippen molar-refractivity contribution in [1.29, 1.82) is 0 Å². The lowest BCUT2D eigenvalue weighted by molar-refractivity contribution is -0.123. The molecule has 0 spiro atoms. The van der Waals surface area contributed by atoms with E-state index < -0.39 is 0 Å². The third kappa shape index (κ3) is 4.48. The molecule has 24 heavy (non-hydrogen) atoms. The molecule has 1 aromatic heterocycles. The Bertz CT molecular complexity index is 533. The van der Waals surface area contributed by atoms with Gasteiger partial charge in [-0.1, -0.05) is 19.3 Å². The van der Waals surface area contributed by atoms with Crippen molar-refractivity contribution in [1.82, 2.24) is 10.3 Å². The van der Waals surface area contributed by atoms with Gasteiger partial charge in [-0.3, -0.25) is 4.79 Å². The van der Waals surface area contributed by atoms with Gasteiger partial charge in [0.15, 0.2) is 5.13 Å². The van der Waals surface area contributed by atoms with E-state index in [1.807, 2.05) is 0 Å². The maximum atomic E-state index is 12.3. The molecule has 1 saturated carbocycles. The fourth-order valence-corrected chi connectivity index (χ4v) is 4.87. The van der Waals surface area contributed by atoms with Crippen LogP contribution in [0.5, 0.6) is 0 Å². The second kappa shape index (κ2) is 8.30. The zero-order valence-electron chi connectivity index (χ0n) is 14.6. The molecule has 2 heterocycles. The molecule has 1 aromatic rings. The second-order valence-corrected chi connectivity index (χ2v) is 8.19. The third-order valence-electron chi connectivity index (χ3n) is 5.50. The van der Waals surface area contributed by atoms with Crippen LogP contribution in [0.25, 0.3) is 0 Å². The minimum absolute atomic E-state index is 0.0475. The van der Waals surface area contributed by atoms with Gasteiger partial charge in [-0.05, 0) is 37.6 Å². The largest absolute Gasteiger partial charge is 0.356 e. The number of nitrogens with zero attached hydrogens (tertiary/aromatic N) is 2. The Kier molecular flexibility index (Phi) is 6.11. The summed E-state index contributed by atoms with van der Waals surface area (Å²) >= 11 is 1.72. The number of hydrogen-bond acceptors (Lipinski definition) is 5. The van der Waals surface area contributed by atoms with Crippen LogP contribution in [0.2, 0.25) is 0 Å². The van der Waals surface area contributed by atoms with Crippen LogP contribution in [-0.4, -0.2) is 37.1 Å². The van der Waals surface area contributed by atoms with E-state index >= 15 is 0 Å².